The van der Waals surface area contributed by atoms with E-state index in [1.807, 2.05) is 0 Å². The topological polar surface area (TPSA) is 38.7 Å². The predicted molar refractivity (Wildman–Crippen MR) is 79.4 cm³/mol. The number of hydrogen-bond acceptors (Lipinski definition) is 3. The van der Waals surface area contributed by atoms with Crippen LogP contribution in [0.3, 0.4) is 0 Å². The van der Waals surface area contributed by atoms with Crippen LogP contribution in [-0.4, -0.2) is 12.2 Å². The van der Waals surface area contributed by atoms with E-state index in [0.717, 1.165) is 5.56 Å². The van der Waals surface area contributed by atoms with E-state index in [4.69, 9.17) is 21.1 Å². The fourth-order valence-corrected chi connectivity index (χ4v) is 2.10. The molecule has 2 aromatic carbocycles. The molecule has 2 aromatic rings. The maximum Gasteiger partial charge on any atom is 0.165 e. The van der Waals surface area contributed by atoms with Crippen molar-refractivity contribution in [2.45, 2.75) is 19.6 Å². The maximum atomic E-state index is 13.9. The zero-order valence-electron chi connectivity index (χ0n) is 11.8. The summed E-state index contributed by atoms with van der Waals surface area (Å²) in [5, 5.41) is 9.96. The van der Waals surface area contributed by atoms with Crippen LogP contribution < -0.4 is 9.47 Å². The van der Waals surface area contributed by atoms with Crippen LogP contribution in [0.2, 0.25) is 5.02 Å². The Bertz CT molecular complexity index is 629. The molecule has 21 heavy (non-hydrogen) atoms. The van der Waals surface area contributed by atoms with E-state index < -0.39 is 11.9 Å². The summed E-state index contributed by atoms with van der Waals surface area (Å²) in [5.41, 5.74) is 1.23. The molecule has 0 heterocycles. The van der Waals surface area contributed by atoms with Gasteiger partial charge >= 0.3 is 0 Å². The van der Waals surface area contributed by atoms with Crippen molar-refractivity contribution in [3.05, 3.63) is 58.4 Å². The van der Waals surface area contributed by atoms with Crippen LogP contribution in [0.15, 0.2) is 36.4 Å². The monoisotopic (exact) mass is 310 g/mol. The van der Waals surface area contributed by atoms with Gasteiger partial charge in [-0.1, -0.05) is 17.7 Å². The molecule has 0 aromatic heterocycles. The molecule has 0 fully saturated rings. The second kappa shape index (κ2) is 6.78. The Morgan fingerprint density at radius 3 is 2.52 bits per heavy atom. The first-order chi connectivity index (χ1) is 10.0. The summed E-state index contributed by atoms with van der Waals surface area (Å²) in [7, 11) is 1.55. The van der Waals surface area contributed by atoms with Crippen molar-refractivity contribution in [1.29, 1.82) is 0 Å². The predicted octanol–water partition coefficient (Wildman–Crippen LogP) is 4.12. The number of halogens is 2. The Hall–Kier alpha value is -1.78. The Balaban J connectivity index is 2.15. The second-order valence-corrected chi connectivity index (χ2v) is 5.05. The van der Waals surface area contributed by atoms with E-state index in [2.05, 4.69) is 0 Å². The van der Waals surface area contributed by atoms with E-state index in [1.54, 1.807) is 38.3 Å². The molecular formula is C16H16ClFO3. The van der Waals surface area contributed by atoms with Crippen LogP contribution in [0.5, 0.6) is 11.5 Å². The molecular weight excluding hydrogens is 295 g/mol. The largest absolute Gasteiger partial charge is 0.496 e. The summed E-state index contributed by atoms with van der Waals surface area (Å²) >= 11 is 5.93. The van der Waals surface area contributed by atoms with Crippen LogP contribution in [0.25, 0.3) is 0 Å². The van der Waals surface area contributed by atoms with Gasteiger partial charge in [0.1, 0.15) is 12.4 Å². The molecule has 0 amide bonds. The number of aliphatic hydroxyl groups excluding tert-OH is 1. The van der Waals surface area contributed by atoms with Gasteiger partial charge < -0.3 is 14.6 Å². The van der Waals surface area contributed by atoms with Gasteiger partial charge in [-0.2, -0.15) is 0 Å². The van der Waals surface area contributed by atoms with Crippen molar-refractivity contribution in [2.24, 2.45) is 0 Å². The Labute approximate surface area is 127 Å². The van der Waals surface area contributed by atoms with Gasteiger partial charge in [0, 0.05) is 10.6 Å². The number of ether oxygens (including phenoxy) is 2. The van der Waals surface area contributed by atoms with E-state index in [0.29, 0.717) is 16.3 Å². The van der Waals surface area contributed by atoms with Gasteiger partial charge in [-0.15, -0.1) is 0 Å². The van der Waals surface area contributed by atoms with Crippen LogP contribution in [0, 0.1) is 5.82 Å². The lowest BCUT2D eigenvalue weighted by Crippen LogP contribution is -2.01. The van der Waals surface area contributed by atoms with Crippen molar-refractivity contribution >= 4 is 11.6 Å². The van der Waals surface area contributed by atoms with Crippen LogP contribution in [-0.2, 0) is 6.61 Å². The summed E-state index contributed by atoms with van der Waals surface area (Å²) < 4.78 is 24.5. The first-order valence-corrected chi connectivity index (χ1v) is 6.81. The normalized spacial score (nSPS) is 12.0. The molecule has 112 valence electrons. The quantitative estimate of drug-likeness (QED) is 0.903. The van der Waals surface area contributed by atoms with E-state index >= 15 is 0 Å². The first kappa shape index (κ1) is 15.6. The highest BCUT2D eigenvalue weighted by Gasteiger charge is 2.10. The molecule has 5 heteroatoms. The van der Waals surface area contributed by atoms with Gasteiger partial charge in [-0.25, -0.2) is 4.39 Å². The van der Waals surface area contributed by atoms with E-state index in [9.17, 15) is 9.50 Å². The van der Waals surface area contributed by atoms with Gasteiger partial charge in [-0.3, -0.25) is 0 Å². The second-order valence-electron chi connectivity index (χ2n) is 4.61. The van der Waals surface area contributed by atoms with Crippen LogP contribution in [0.4, 0.5) is 4.39 Å². The van der Waals surface area contributed by atoms with E-state index in [1.165, 1.54) is 12.1 Å². The minimum Gasteiger partial charge on any atom is -0.496 e. The molecule has 2 rings (SSSR count). The van der Waals surface area contributed by atoms with E-state index in [-0.39, 0.29) is 12.4 Å². The fourth-order valence-electron chi connectivity index (χ4n) is 1.91. The van der Waals surface area contributed by atoms with Crippen molar-refractivity contribution in [2.75, 3.05) is 7.11 Å². The highest BCUT2D eigenvalue weighted by molar-refractivity contribution is 6.30. The molecule has 0 aliphatic rings. The molecule has 0 unspecified atom stereocenters. The summed E-state index contributed by atoms with van der Waals surface area (Å²) in [6.45, 7) is 1.71. The number of hydrogen-bond donors (Lipinski definition) is 1. The van der Waals surface area contributed by atoms with Crippen molar-refractivity contribution in [3.63, 3.8) is 0 Å². The van der Waals surface area contributed by atoms with Crippen molar-refractivity contribution in [1.82, 2.24) is 0 Å². The Kier molecular flexibility index (Phi) is 5.04. The molecule has 1 atom stereocenters. The summed E-state index contributed by atoms with van der Waals surface area (Å²) in [4.78, 5) is 0. The summed E-state index contributed by atoms with van der Waals surface area (Å²) in [5.74, 6) is 0.219. The van der Waals surface area contributed by atoms with Crippen LogP contribution >= 0.6 is 11.6 Å². The minimum atomic E-state index is -0.721. The lowest BCUT2D eigenvalue weighted by Gasteiger charge is -2.12. The van der Waals surface area contributed by atoms with Crippen molar-refractivity contribution in [3.8, 4) is 11.5 Å². The first-order valence-electron chi connectivity index (χ1n) is 6.44. The Morgan fingerprint density at radius 2 is 1.90 bits per heavy atom. The zero-order valence-corrected chi connectivity index (χ0v) is 12.5. The molecule has 3 nitrogen and oxygen atoms in total. The van der Waals surface area contributed by atoms with Gasteiger partial charge in [-0.05, 0) is 42.8 Å². The Morgan fingerprint density at radius 1 is 1.19 bits per heavy atom. The molecule has 0 saturated heterocycles. The molecule has 0 aliphatic heterocycles. The number of aliphatic hydroxyl groups is 1. The fraction of sp³-hybridized carbons (Fsp3) is 0.250. The average molecular weight is 311 g/mol. The maximum absolute atomic E-state index is 13.9. The van der Waals surface area contributed by atoms with Gasteiger partial charge in [0.25, 0.3) is 0 Å². The third-order valence-electron chi connectivity index (χ3n) is 3.06. The van der Waals surface area contributed by atoms with Gasteiger partial charge in [0.2, 0.25) is 0 Å². The molecule has 0 aliphatic carbocycles. The third kappa shape index (κ3) is 3.86. The van der Waals surface area contributed by atoms with Gasteiger partial charge in [0.05, 0.1) is 13.2 Å². The standard InChI is InChI=1S/C16H16ClFO3/c1-10(19)11-3-5-16(14(18)8-11)21-9-12-7-13(17)4-6-15(12)20-2/h3-8,10,19H,9H2,1-2H3/t10-/m1/s1. The summed E-state index contributed by atoms with van der Waals surface area (Å²) in [6, 6.07) is 9.53. The molecule has 0 bridgehead atoms. The lowest BCUT2D eigenvalue weighted by atomic mass is 10.1. The van der Waals surface area contributed by atoms with Gasteiger partial charge in [0.15, 0.2) is 11.6 Å². The molecule has 0 radical (unpaired) electrons. The number of methoxy groups -OCH3 is 1. The zero-order chi connectivity index (χ0) is 15.4. The average Bonchev–Trinajstić information content (AvgIpc) is 2.46. The smallest absolute Gasteiger partial charge is 0.165 e. The third-order valence-corrected chi connectivity index (χ3v) is 3.30. The minimum absolute atomic E-state index is 0.112. The highest BCUT2D eigenvalue weighted by atomic mass is 35.5. The van der Waals surface area contributed by atoms with Crippen molar-refractivity contribution < 1.29 is 19.0 Å². The molecule has 0 saturated carbocycles. The van der Waals surface area contributed by atoms with Crippen LogP contribution in [0.1, 0.15) is 24.2 Å². The lowest BCUT2D eigenvalue weighted by molar-refractivity contribution is 0.198. The summed E-state index contributed by atoms with van der Waals surface area (Å²) in [6.07, 6.45) is -0.721. The number of rotatable bonds is 5. The SMILES string of the molecule is COc1ccc(Cl)cc1COc1ccc([C@@H](C)O)cc1F. The number of benzene rings is 2. The molecule has 0 spiro atoms. The molecule has 1 N–H and O–H groups in total. The highest BCUT2D eigenvalue weighted by Crippen LogP contribution is 2.26.